The molecule has 0 aliphatic heterocycles. The average molecular weight is 808 g/mol. The quantitative estimate of drug-likeness (QED) is 0.0198. The van der Waals surface area contributed by atoms with Crippen LogP contribution in [0.3, 0.4) is 0 Å². The van der Waals surface area contributed by atoms with E-state index < -0.39 is 32.5 Å². The Morgan fingerprint density at radius 3 is 1.54 bits per heavy atom. The van der Waals surface area contributed by atoms with Crippen LogP contribution in [-0.2, 0) is 32.7 Å². The van der Waals surface area contributed by atoms with Gasteiger partial charge in [-0.05, 0) is 77.0 Å². The number of phosphoric acid groups is 1. The molecule has 0 heterocycles. The van der Waals surface area contributed by atoms with E-state index in [9.17, 15) is 19.0 Å². The zero-order chi connectivity index (χ0) is 41.4. The number of nitrogens with zero attached hydrogens (tertiary/aromatic N) is 1. The number of carbonyl (C=O) groups is 2. The van der Waals surface area contributed by atoms with Crippen LogP contribution in [0, 0.1) is 0 Å². The Morgan fingerprint density at radius 1 is 0.554 bits per heavy atom. The molecule has 10 heteroatoms. The third-order valence-corrected chi connectivity index (χ3v) is 9.97. The number of hydrogen-bond acceptors (Lipinski definition) is 8. The highest BCUT2D eigenvalue weighted by Gasteiger charge is 2.21. The van der Waals surface area contributed by atoms with Crippen molar-refractivity contribution in [2.75, 3.05) is 47.5 Å². The van der Waals surface area contributed by atoms with Gasteiger partial charge in [0.1, 0.15) is 19.8 Å². The van der Waals surface area contributed by atoms with Crippen LogP contribution in [0.5, 0.6) is 0 Å². The van der Waals surface area contributed by atoms with Crippen molar-refractivity contribution in [2.45, 2.75) is 174 Å². The molecule has 0 aromatic heterocycles. The largest absolute Gasteiger partial charge is 0.756 e. The minimum Gasteiger partial charge on any atom is -0.756 e. The summed E-state index contributed by atoms with van der Waals surface area (Å²) in [7, 11) is 1.12. The molecule has 0 aliphatic rings. The number of carbonyl (C=O) groups excluding carboxylic acids is 2. The fourth-order valence-corrected chi connectivity index (χ4v) is 6.25. The Kier molecular flexibility index (Phi) is 36.7. The van der Waals surface area contributed by atoms with Crippen molar-refractivity contribution in [3.05, 3.63) is 60.8 Å². The fourth-order valence-electron chi connectivity index (χ4n) is 5.52. The lowest BCUT2D eigenvalue weighted by Gasteiger charge is -2.28. The van der Waals surface area contributed by atoms with Gasteiger partial charge in [-0.2, -0.15) is 0 Å². The van der Waals surface area contributed by atoms with Crippen molar-refractivity contribution in [1.29, 1.82) is 0 Å². The Hall–Kier alpha value is -2.29. The van der Waals surface area contributed by atoms with Gasteiger partial charge in [0.05, 0.1) is 27.7 Å². The maximum atomic E-state index is 12.6. The van der Waals surface area contributed by atoms with Gasteiger partial charge in [-0.15, -0.1) is 0 Å². The average Bonchev–Trinajstić information content (AvgIpc) is 3.15. The highest BCUT2D eigenvalue weighted by atomic mass is 31.2. The van der Waals surface area contributed by atoms with Crippen molar-refractivity contribution in [3.63, 3.8) is 0 Å². The monoisotopic (exact) mass is 808 g/mol. The molecule has 1 unspecified atom stereocenters. The minimum atomic E-state index is -4.64. The molecule has 0 fully saturated rings. The van der Waals surface area contributed by atoms with Gasteiger partial charge in [0.15, 0.2) is 6.10 Å². The summed E-state index contributed by atoms with van der Waals surface area (Å²) in [5, 5.41) is 0. The molecule has 0 radical (unpaired) electrons. The number of esters is 2. The third kappa shape index (κ3) is 41.3. The zero-order valence-corrected chi connectivity index (χ0v) is 37.2. The number of ether oxygens (including phenoxy) is 2. The van der Waals surface area contributed by atoms with Crippen LogP contribution >= 0.6 is 7.82 Å². The van der Waals surface area contributed by atoms with Gasteiger partial charge in [-0.1, -0.05) is 139 Å². The topological polar surface area (TPSA) is 111 Å². The molecule has 9 nitrogen and oxygen atoms in total. The second kappa shape index (κ2) is 38.2. The normalized spacial score (nSPS) is 14.2. The van der Waals surface area contributed by atoms with Gasteiger partial charge < -0.3 is 27.9 Å². The van der Waals surface area contributed by atoms with E-state index in [1.54, 1.807) is 0 Å². The van der Waals surface area contributed by atoms with Crippen molar-refractivity contribution >= 4 is 19.8 Å². The van der Waals surface area contributed by atoms with Crippen molar-refractivity contribution < 1.29 is 42.1 Å². The number of likely N-dealkylation sites (N-methyl/N-ethyl adjacent to an activating group) is 1. The van der Waals surface area contributed by atoms with Gasteiger partial charge in [-0.25, -0.2) is 0 Å². The van der Waals surface area contributed by atoms with Crippen LogP contribution in [-0.4, -0.2) is 70.0 Å². The molecule has 0 bridgehead atoms. The maximum Gasteiger partial charge on any atom is 0.306 e. The van der Waals surface area contributed by atoms with Crippen molar-refractivity contribution in [1.82, 2.24) is 0 Å². The molecule has 0 saturated carbocycles. The predicted octanol–water partition coefficient (Wildman–Crippen LogP) is 11.8. The Bertz CT molecular complexity index is 1140. The lowest BCUT2D eigenvalue weighted by atomic mass is 10.1. The van der Waals surface area contributed by atoms with Crippen LogP contribution in [0.1, 0.15) is 168 Å². The molecule has 0 aromatic rings. The summed E-state index contributed by atoms with van der Waals surface area (Å²) < 4.78 is 33.8. The maximum absolute atomic E-state index is 12.6. The number of quaternary nitrogens is 1. The lowest BCUT2D eigenvalue weighted by Crippen LogP contribution is -2.37. The highest BCUT2D eigenvalue weighted by Crippen LogP contribution is 2.38. The predicted molar refractivity (Wildman–Crippen MR) is 231 cm³/mol. The van der Waals surface area contributed by atoms with E-state index in [1.807, 2.05) is 27.2 Å². The number of rotatable bonds is 39. The van der Waals surface area contributed by atoms with Gasteiger partial charge in [0.25, 0.3) is 7.82 Å². The minimum absolute atomic E-state index is 0.0445. The standard InChI is InChI=1S/C46H82NO8P/c1-6-8-10-12-14-16-18-20-22-23-25-27-29-31-33-35-37-39-46(49)55-44(43-54-56(50,51)53-41-40-47(3,4)5)42-52-45(48)38-36-34-32-30-28-26-24-21-19-17-15-13-11-9-7-2/h14,16,20-22,24-25,27,31,33,44H,6-13,15,17-19,23,26,28-30,32,34-43H2,1-5H3/b16-14+,22-20+,24-21+,27-25+,33-31+/t44-/m1/s1. The highest BCUT2D eigenvalue weighted by molar-refractivity contribution is 7.45. The fraction of sp³-hybridized carbons (Fsp3) is 0.739. The molecule has 0 spiro atoms. The van der Waals surface area contributed by atoms with Crippen LogP contribution < -0.4 is 4.89 Å². The molecule has 0 saturated heterocycles. The Morgan fingerprint density at radius 2 is 0.982 bits per heavy atom. The first kappa shape index (κ1) is 53.7. The Balaban J connectivity index is 4.49. The zero-order valence-electron chi connectivity index (χ0n) is 36.3. The van der Waals surface area contributed by atoms with E-state index in [0.717, 1.165) is 51.4 Å². The second-order valence-corrected chi connectivity index (χ2v) is 17.1. The molecule has 0 aromatic carbocycles. The number of allylic oxidation sites excluding steroid dienone is 10. The van der Waals surface area contributed by atoms with Gasteiger partial charge >= 0.3 is 11.9 Å². The van der Waals surface area contributed by atoms with Crippen molar-refractivity contribution in [2.24, 2.45) is 0 Å². The molecule has 324 valence electrons. The van der Waals surface area contributed by atoms with Gasteiger partial charge in [0.2, 0.25) is 0 Å². The van der Waals surface area contributed by atoms with Crippen molar-refractivity contribution in [3.8, 4) is 0 Å². The molecular weight excluding hydrogens is 725 g/mol. The SMILES string of the molecule is CCCCC/C=C/C/C=C/C/C=C/C/C=C/CCCC(=O)O[C@H](COC(=O)CCCCCCC/C=C/CCCCCCCC)COP(=O)([O-])OCC[N+](C)(C)C. The lowest BCUT2D eigenvalue weighted by molar-refractivity contribution is -0.870. The van der Waals surface area contributed by atoms with E-state index in [0.29, 0.717) is 30.3 Å². The van der Waals surface area contributed by atoms with Gasteiger partial charge in [-0.3, -0.25) is 14.2 Å². The summed E-state index contributed by atoms with van der Waals surface area (Å²) >= 11 is 0. The Labute approximate surface area is 343 Å². The number of hydrogen-bond donors (Lipinski definition) is 0. The van der Waals surface area contributed by atoms with Crippen LogP contribution in [0.15, 0.2) is 60.8 Å². The third-order valence-electron chi connectivity index (χ3n) is 9.01. The molecule has 0 rings (SSSR count). The molecule has 0 aliphatic carbocycles. The molecule has 56 heavy (non-hydrogen) atoms. The van der Waals surface area contributed by atoms with E-state index in [2.05, 4.69) is 68.5 Å². The van der Waals surface area contributed by atoms with E-state index in [4.69, 9.17) is 18.5 Å². The summed E-state index contributed by atoms with van der Waals surface area (Å²) in [6.45, 7) is 4.11. The summed E-state index contributed by atoms with van der Waals surface area (Å²) in [6, 6.07) is 0. The smallest absolute Gasteiger partial charge is 0.306 e. The van der Waals surface area contributed by atoms with E-state index in [-0.39, 0.29) is 26.1 Å². The number of phosphoric ester groups is 1. The summed E-state index contributed by atoms with van der Waals surface area (Å²) in [4.78, 5) is 37.5. The summed E-state index contributed by atoms with van der Waals surface area (Å²) in [5.41, 5.74) is 0. The molecular formula is C46H82NO8P. The van der Waals surface area contributed by atoms with E-state index in [1.165, 1.54) is 70.6 Å². The first-order valence-corrected chi connectivity index (χ1v) is 23.5. The molecule has 2 atom stereocenters. The van der Waals surface area contributed by atoms with Crippen LogP contribution in [0.4, 0.5) is 0 Å². The summed E-state index contributed by atoms with van der Waals surface area (Å²) in [5.74, 6) is -0.914. The summed E-state index contributed by atoms with van der Waals surface area (Å²) in [6.07, 6.45) is 45.4. The first-order chi connectivity index (χ1) is 27.0. The first-order valence-electron chi connectivity index (χ1n) is 22.0. The number of unbranched alkanes of at least 4 members (excludes halogenated alkanes) is 15. The molecule has 0 N–H and O–H groups in total. The second-order valence-electron chi connectivity index (χ2n) is 15.7. The van der Waals surface area contributed by atoms with Gasteiger partial charge in [0, 0.05) is 12.8 Å². The van der Waals surface area contributed by atoms with E-state index >= 15 is 0 Å². The van der Waals surface area contributed by atoms with Crippen LogP contribution in [0.25, 0.3) is 0 Å². The molecule has 0 amide bonds. The van der Waals surface area contributed by atoms with Crippen LogP contribution in [0.2, 0.25) is 0 Å².